The second-order valence-electron chi connectivity index (χ2n) is 6.09. The maximum Gasteiger partial charge on any atom is 0.416 e. The molecule has 1 N–H and O–H groups in total. The molecule has 0 unspecified atom stereocenters. The highest BCUT2D eigenvalue weighted by Crippen LogP contribution is 2.36. The number of carbonyl (C=O) groups is 1. The molecule has 30 heavy (non-hydrogen) atoms. The molecule has 0 bridgehead atoms. The minimum absolute atomic E-state index is 0.000558. The number of alkyl halides is 3. The van der Waals surface area contributed by atoms with Crippen LogP contribution in [-0.2, 0) is 21.0 Å². The maximum absolute atomic E-state index is 13.0. The number of hydrogen-bond acceptors (Lipinski definition) is 4. The topological polar surface area (TPSA) is 75.7 Å². The quantitative estimate of drug-likeness (QED) is 0.475. The summed E-state index contributed by atoms with van der Waals surface area (Å²) in [6, 6.07) is 7.34. The van der Waals surface area contributed by atoms with Crippen LogP contribution < -0.4 is 14.4 Å². The Labute approximate surface area is 175 Å². The molecule has 12 heteroatoms. The lowest BCUT2D eigenvalue weighted by molar-refractivity contribution is -0.137. The highest BCUT2D eigenvalue weighted by molar-refractivity contribution is 7.92. The van der Waals surface area contributed by atoms with Gasteiger partial charge in [0.15, 0.2) is 0 Å². The first kappa shape index (κ1) is 23.7. The smallest absolute Gasteiger partial charge is 0.416 e. The van der Waals surface area contributed by atoms with Gasteiger partial charge < -0.3 is 10.1 Å². The van der Waals surface area contributed by atoms with Crippen molar-refractivity contribution in [2.75, 3.05) is 30.3 Å². The van der Waals surface area contributed by atoms with E-state index in [1.807, 2.05) is 0 Å². The fourth-order valence-electron chi connectivity index (χ4n) is 2.34. The number of nitrogens with zero attached hydrogens (tertiary/aromatic N) is 1. The third-order valence-electron chi connectivity index (χ3n) is 3.74. The van der Waals surface area contributed by atoms with Gasteiger partial charge in [0, 0.05) is 0 Å². The first-order chi connectivity index (χ1) is 13.9. The van der Waals surface area contributed by atoms with Crippen molar-refractivity contribution in [3.8, 4) is 5.75 Å². The van der Waals surface area contributed by atoms with Crippen molar-refractivity contribution in [1.82, 2.24) is 5.32 Å². The third kappa shape index (κ3) is 6.77. The van der Waals surface area contributed by atoms with Crippen LogP contribution in [0.4, 0.5) is 23.2 Å². The molecular formula is C18H17ClF4N2O4S. The van der Waals surface area contributed by atoms with Gasteiger partial charge in [-0.15, -0.1) is 0 Å². The van der Waals surface area contributed by atoms with E-state index in [9.17, 15) is 30.8 Å². The van der Waals surface area contributed by atoms with E-state index >= 15 is 0 Å². The molecule has 2 aromatic carbocycles. The number of rotatable bonds is 8. The summed E-state index contributed by atoms with van der Waals surface area (Å²) in [5, 5.41) is 2.13. The zero-order valence-corrected chi connectivity index (χ0v) is 17.1. The Morgan fingerprint density at radius 2 is 1.80 bits per heavy atom. The summed E-state index contributed by atoms with van der Waals surface area (Å²) in [5.74, 6) is -0.861. The first-order valence-corrected chi connectivity index (χ1v) is 10.6. The number of anilines is 1. The molecule has 6 nitrogen and oxygen atoms in total. The van der Waals surface area contributed by atoms with Gasteiger partial charge in [0.05, 0.1) is 29.1 Å². The van der Waals surface area contributed by atoms with Crippen LogP contribution >= 0.6 is 11.6 Å². The van der Waals surface area contributed by atoms with E-state index in [0.29, 0.717) is 22.2 Å². The lowest BCUT2D eigenvalue weighted by Gasteiger charge is -2.24. The molecule has 0 saturated carbocycles. The molecule has 0 radical (unpaired) electrons. The van der Waals surface area contributed by atoms with E-state index in [1.165, 1.54) is 24.3 Å². The van der Waals surface area contributed by atoms with Gasteiger partial charge in [0.25, 0.3) is 0 Å². The molecule has 0 atom stereocenters. The SMILES string of the molecule is CS(=O)(=O)N(CC(=O)NCCOc1ccc(F)cc1)c1cc(C(F)(F)F)ccc1Cl. The van der Waals surface area contributed by atoms with Crippen LogP contribution in [0.25, 0.3) is 0 Å². The van der Waals surface area contributed by atoms with Crippen molar-refractivity contribution in [2.24, 2.45) is 0 Å². The lowest BCUT2D eigenvalue weighted by Crippen LogP contribution is -2.41. The fourth-order valence-corrected chi connectivity index (χ4v) is 3.47. The second-order valence-corrected chi connectivity index (χ2v) is 8.40. The number of halogens is 5. The van der Waals surface area contributed by atoms with Gasteiger partial charge in [-0.3, -0.25) is 9.10 Å². The standard InChI is InChI=1S/C18H17ClF4N2O4S/c1-30(27,28)25(16-10-12(18(21,22)23)2-7-15(16)19)11-17(26)24-8-9-29-14-5-3-13(20)4-6-14/h2-7,10H,8-9,11H2,1H3,(H,24,26). The van der Waals surface area contributed by atoms with Crippen molar-refractivity contribution in [2.45, 2.75) is 6.18 Å². The van der Waals surface area contributed by atoms with Crippen molar-refractivity contribution >= 4 is 33.2 Å². The number of sulfonamides is 1. The van der Waals surface area contributed by atoms with Crippen LogP contribution in [0, 0.1) is 5.82 Å². The number of carbonyl (C=O) groups excluding carboxylic acids is 1. The van der Waals surface area contributed by atoms with Gasteiger partial charge in [-0.25, -0.2) is 12.8 Å². The van der Waals surface area contributed by atoms with Crippen LogP contribution in [-0.4, -0.2) is 40.3 Å². The molecule has 0 aliphatic rings. The Bertz CT molecular complexity index is 998. The normalized spacial score (nSPS) is 11.8. The maximum atomic E-state index is 13.0. The fraction of sp³-hybridized carbons (Fsp3) is 0.278. The van der Waals surface area contributed by atoms with Crippen molar-refractivity contribution in [3.63, 3.8) is 0 Å². The van der Waals surface area contributed by atoms with Crippen molar-refractivity contribution < 1.29 is 35.5 Å². The van der Waals surface area contributed by atoms with Crippen LogP contribution in [0.1, 0.15) is 5.56 Å². The molecule has 0 aromatic heterocycles. The first-order valence-electron chi connectivity index (χ1n) is 8.37. The molecular weight excluding hydrogens is 452 g/mol. The zero-order chi connectivity index (χ0) is 22.5. The number of ether oxygens (including phenoxy) is 1. The summed E-state index contributed by atoms with van der Waals surface area (Å²) >= 11 is 5.88. The van der Waals surface area contributed by atoms with Gasteiger partial charge >= 0.3 is 6.18 Å². The molecule has 2 aromatic rings. The second kappa shape index (κ2) is 9.52. The van der Waals surface area contributed by atoms with Gasteiger partial charge in [-0.05, 0) is 42.5 Å². The Morgan fingerprint density at radius 3 is 2.37 bits per heavy atom. The summed E-state index contributed by atoms with van der Waals surface area (Å²) < 4.78 is 81.6. The highest BCUT2D eigenvalue weighted by atomic mass is 35.5. The minimum Gasteiger partial charge on any atom is -0.492 e. The molecule has 0 saturated heterocycles. The van der Waals surface area contributed by atoms with Crippen molar-refractivity contribution in [3.05, 3.63) is 58.9 Å². The van der Waals surface area contributed by atoms with Gasteiger partial charge in [0.1, 0.15) is 24.7 Å². The summed E-state index contributed by atoms with van der Waals surface area (Å²) in [6.07, 6.45) is -3.98. The molecule has 2 rings (SSSR count). The van der Waals surface area contributed by atoms with Crippen molar-refractivity contribution in [1.29, 1.82) is 0 Å². The van der Waals surface area contributed by atoms with E-state index in [0.717, 1.165) is 12.3 Å². The summed E-state index contributed by atoms with van der Waals surface area (Å²) in [4.78, 5) is 12.1. The summed E-state index contributed by atoms with van der Waals surface area (Å²) in [6.45, 7) is -0.804. The Morgan fingerprint density at radius 1 is 1.17 bits per heavy atom. The summed E-state index contributed by atoms with van der Waals surface area (Å²) in [5.41, 5.74) is -1.57. The van der Waals surface area contributed by atoms with Crippen LogP contribution in [0.15, 0.2) is 42.5 Å². The van der Waals surface area contributed by atoms with Gasteiger partial charge in [-0.2, -0.15) is 13.2 Å². The predicted octanol–water partition coefficient (Wildman–Crippen LogP) is 3.46. The monoisotopic (exact) mass is 468 g/mol. The Kier molecular flexibility index (Phi) is 7.54. The van der Waals surface area contributed by atoms with Gasteiger partial charge in [-0.1, -0.05) is 11.6 Å². The molecule has 0 aliphatic heterocycles. The highest BCUT2D eigenvalue weighted by Gasteiger charge is 2.33. The molecule has 0 fully saturated rings. The largest absolute Gasteiger partial charge is 0.492 e. The molecule has 0 aliphatic carbocycles. The Hall–Kier alpha value is -2.53. The molecule has 0 spiro atoms. The average Bonchev–Trinajstić information content (AvgIpc) is 2.63. The lowest BCUT2D eigenvalue weighted by atomic mass is 10.2. The van der Waals surface area contributed by atoms with E-state index in [4.69, 9.17) is 16.3 Å². The summed E-state index contributed by atoms with van der Waals surface area (Å²) in [7, 11) is -4.12. The van der Waals surface area contributed by atoms with Crippen LogP contribution in [0.5, 0.6) is 5.75 Å². The number of benzene rings is 2. The zero-order valence-electron chi connectivity index (χ0n) is 15.5. The number of nitrogens with one attached hydrogen (secondary N) is 1. The van der Waals surface area contributed by atoms with E-state index < -0.39 is 45.7 Å². The van der Waals surface area contributed by atoms with Gasteiger partial charge in [0.2, 0.25) is 15.9 Å². The van der Waals surface area contributed by atoms with E-state index in [-0.39, 0.29) is 18.2 Å². The van der Waals surface area contributed by atoms with Crippen LogP contribution in [0.3, 0.4) is 0 Å². The number of hydrogen-bond donors (Lipinski definition) is 1. The third-order valence-corrected chi connectivity index (χ3v) is 5.18. The predicted molar refractivity (Wildman–Crippen MR) is 104 cm³/mol. The minimum atomic E-state index is -4.72. The Balaban J connectivity index is 2.05. The average molecular weight is 469 g/mol. The van der Waals surface area contributed by atoms with E-state index in [2.05, 4.69) is 5.32 Å². The molecule has 0 heterocycles. The molecule has 1 amide bonds. The molecule has 164 valence electrons. The number of amides is 1. The van der Waals surface area contributed by atoms with Crippen LogP contribution in [0.2, 0.25) is 5.02 Å². The van der Waals surface area contributed by atoms with E-state index in [1.54, 1.807) is 0 Å².